The second kappa shape index (κ2) is 10.1. The number of hydrogen-bond acceptors (Lipinski definition) is 6. The van der Waals surface area contributed by atoms with Crippen molar-refractivity contribution in [2.45, 2.75) is 31.8 Å². The van der Waals surface area contributed by atoms with Gasteiger partial charge in [0.15, 0.2) is 0 Å². The van der Waals surface area contributed by atoms with E-state index in [1.165, 1.54) is 19.2 Å². The SMILES string of the molecule is CCOc1ccc(NS(=O)(=O)c2cc(NC(=O)C(C)OCC)ccc2OC)cc1. The van der Waals surface area contributed by atoms with Crippen LogP contribution >= 0.6 is 0 Å². The van der Waals surface area contributed by atoms with Crippen LogP contribution in [0.25, 0.3) is 0 Å². The lowest BCUT2D eigenvalue weighted by atomic mass is 10.3. The van der Waals surface area contributed by atoms with Gasteiger partial charge in [-0.1, -0.05) is 0 Å². The van der Waals surface area contributed by atoms with Crippen molar-refractivity contribution in [3.05, 3.63) is 42.5 Å². The van der Waals surface area contributed by atoms with E-state index in [0.29, 0.717) is 30.3 Å². The lowest BCUT2D eigenvalue weighted by molar-refractivity contribution is -0.126. The molecule has 2 aromatic carbocycles. The monoisotopic (exact) mass is 422 g/mol. The maximum Gasteiger partial charge on any atom is 0.265 e. The molecule has 0 aliphatic heterocycles. The number of benzene rings is 2. The summed E-state index contributed by atoms with van der Waals surface area (Å²) in [5.74, 6) is 0.417. The van der Waals surface area contributed by atoms with Crippen molar-refractivity contribution in [2.24, 2.45) is 0 Å². The Morgan fingerprint density at radius 3 is 2.28 bits per heavy atom. The Hall–Kier alpha value is -2.78. The van der Waals surface area contributed by atoms with Crippen LogP contribution in [0.1, 0.15) is 20.8 Å². The minimum absolute atomic E-state index is 0.101. The lowest BCUT2D eigenvalue weighted by Gasteiger charge is -2.15. The molecule has 0 saturated carbocycles. The molecule has 0 aliphatic rings. The van der Waals surface area contributed by atoms with Crippen LogP contribution in [-0.4, -0.2) is 40.8 Å². The summed E-state index contributed by atoms with van der Waals surface area (Å²) in [6.07, 6.45) is -0.663. The molecule has 9 heteroatoms. The van der Waals surface area contributed by atoms with Crippen molar-refractivity contribution in [3.63, 3.8) is 0 Å². The zero-order valence-corrected chi connectivity index (χ0v) is 17.7. The number of carbonyl (C=O) groups is 1. The number of hydrogen-bond donors (Lipinski definition) is 2. The predicted octanol–water partition coefficient (Wildman–Crippen LogP) is 3.26. The van der Waals surface area contributed by atoms with Gasteiger partial charge in [0.2, 0.25) is 0 Å². The topological polar surface area (TPSA) is 103 Å². The molecule has 2 aromatic rings. The van der Waals surface area contributed by atoms with Gasteiger partial charge in [-0.3, -0.25) is 9.52 Å². The van der Waals surface area contributed by atoms with Crippen LogP contribution in [0.15, 0.2) is 47.4 Å². The summed E-state index contributed by atoms with van der Waals surface area (Å²) in [5.41, 5.74) is 0.685. The molecule has 8 nitrogen and oxygen atoms in total. The average Bonchev–Trinajstić information content (AvgIpc) is 2.69. The third-order valence-electron chi connectivity index (χ3n) is 3.92. The largest absolute Gasteiger partial charge is 0.495 e. The molecule has 2 N–H and O–H groups in total. The number of anilines is 2. The van der Waals surface area contributed by atoms with E-state index in [4.69, 9.17) is 14.2 Å². The van der Waals surface area contributed by atoms with Crippen molar-refractivity contribution in [1.29, 1.82) is 0 Å². The van der Waals surface area contributed by atoms with E-state index in [1.54, 1.807) is 44.2 Å². The van der Waals surface area contributed by atoms with Crippen LogP contribution in [0, 0.1) is 0 Å². The Morgan fingerprint density at radius 1 is 1.03 bits per heavy atom. The molecule has 2 rings (SSSR count). The molecule has 1 unspecified atom stereocenters. The Balaban J connectivity index is 2.26. The smallest absolute Gasteiger partial charge is 0.265 e. The van der Waals surface area contributed by atoms with Gasteiger partial charge in [0.1, 0.15) is 22.5 Å². The first-order chi connectivity index (χ1) is 13.8. The Bertz CT molecular complexity index is 928. The third kappa shape index (κ3) is 6.10. The maximum absolute atomic E-state index is 12.9. The van der Waals surface area contributed by atoms with E-state index in [0.717, 1.165) is 0 Å². The van der Waals surface area contributed by atoms with Crippen molar-refractivity contribution in [1.82, 2.24) is 0 Å². The number of rotatable bonds is 10. The summed E-state index contributed by atoms with van der Waals surface area (Å²) >= 11 is 0. The minimum Gasteiger partial charge on any atom is -0.495 e. The fourth-order valence-electron chi connectivity index (χ4n) is 2.53. The highest BCUT2D eigenvalue weighted by molar-refractivity contribution is 7.92. The quantitative estimate of drug-likeness (QED) is 0.609. The molecular weight excluding hydrogens is 396 g/mol. The van der Waals surface area contributed by atoms with Crippen molar-refractivity contribution >= 4 is 27.3 Å². The number of methoxy groups -OCH3 is 1. The van der Waals surface area contributed by atoms with Gasteiger partial charge in [0.05, 0.1) is 13.7 Å². The third-order valence-corrected chi connectivity index (χ3v) is 5.33. The molecule has 158 valence electrons. The van der Waals surface area contributed by atoms with Gasteiger partial charge in [0.25, 0.3) is 15.9 Å². The summed E-state index contributed by atoms with van der Waals surface area (Å²) in [6, 6.07) is 10.9. The van der Waals surface area contributed by atoms with E-state index >= 15 is 0 Å². The van der Waals surface area contributed by atoms with Gasteiger partial charge in [-0.25, -0.2) is 8.42 Å². The van der Waals surface area contributed by atoms with E-state index in [1.807, 2.05) is 6.92 Å². The molecule has 0 aliphatic carbocycles. The summed E-state index contributed by atoms with van der Waals surface area (Å²) in [5, 5.41) is 2.65. The fourth-order valence-corrected chi connectivity index (χ4v) is 3.78. The van der Waals surface area contributed by atoms with Crippen molar-refractivity contribution in [3.8, 4) is 11.5 Å². The van der Waals surface area contributed by atoms with Crippen LogP contribution in [-0.2, 0) is 19.6 Å². The molecule has 0 aromatic heterocycles. The van der Waals surface area contributed by atoms with Crippen molar-refractivity contribution < 1.29 is 27.4 Å². The fraction of sp³-hybridized carbons (Fsp3) is 0.350. The summed E-state index contributed by atoms with van der Waals surface area (Å²) in [6.45, 7) is 6.18. The maximum atomic E-state index is 12.9. The minimum atomic E-state index is -3.97. The zero-order chi connectivity index (χ0) is 21.4. The highest BCUT2D eigenvalue weighted by Crippen LogP contribution is 2.29. The van der Waals surface area contributed by atoms with Gasteiger partial charge in [-0.15, -0.1) is 0 Å². The van der Waals surface area contributed by atoms with E-state index in [-0.39, 0.29) is 16.6 Å². The normalized spacial score (nSPS) is 12.1. The van der Waals surface area contributed by atoms with Crippen LogP contribution in [0.2, 0.25) is 0 Å². The molecule has 1 amide bonds. The zero-order valence-electron chi connectivity index (χ0n) is 16.9. The van der Waals surface area contributed by atoms with Gasteiger partial charge >= 0.3 is 0 Å². The summed E-state index contributed by atoms with van der Waals surface area (Å²) < 4.78 is 44.1. The first kappa shape index (κ1) is 22.5. The van der Waals surface area contributed by atoms with Crippen molar-refractivity contribution in [2.75, 3.05) is 30.4 Å². The number of amides is 1. The van der Waals surface area contributed by atoms with Gasteiger partial charge in [-0.05, 0) is 63.2 Å². The van der Waals surface area contributed by atoms with Crippen LogP contribution in [0.4, 0.5) is 11.4 Å². The average molecular weight is 423 g/mol. The Morgan fingerprint density at radius 2 is 1.69 bits per heavy atom. The van der Waals surface area contributed by atoms with E-state index < -0.39 is 16.1 Å². The van der Waals surface area contributed by atoms with E-state index in [9.17, 15) is 13.2 Å². The predicted molar refractivity (Wildman–Crippen MR) is 111 cm³/mol. The highest BCUT2D eigenvalue weighted by Gasteiger charge is 2.22. The summed E-state index contributed by atoms with van der Waals surface area (Å²) in [4.78, 5) is 12.0. The molecule has 1 atom stereocenters. The standard InChI is InChI=1S/C20H26N2O6S/c1-5-27-14(3)20(23)21-16-9-12-18(26-4)19(13-16)29(24,25)22-15-7-10-17(11-8-15)28-6-2/h7-14,22H,5-6H2,1-4H3,(H,21,23). The molecule has 0 heterocycles. The van der Waals surface area contributed by atoms with Crippen LogP contribution < -0.4 is 19.5 Å². The first-order valence-corrected chi connectivity index (χ1v) is 10.6. The summed E-state index contributed by atoms with van der Waals surface area (Å²) in [7, 11) is -2.59. The second-order valence-corrected chi connectivity index (χ2v) is 7.67. The second-order valence-electron chi connectivity index (χ2n) is 6.02. The number of nitrogens with one attached hydrogen (secondary N) is 2. The Labute approximate surface area is 171 Å². The molecule has 29 heavy (non-hydrogen) atoms. The molecule has 0 fully saturated rings. The molecule has 0 spiro atoms. The molecule has 0 saturated heterocycles. The first-order valence-electron chi connectivity index (χ1n) is 9.16. The highest BCUT2D eigenvalue weighted by atomic mass is 32.2. The van der Waals surface area contributed by atoms with Crippen LogP contribution in [0.5, 0.6) is 11.5 Å². The van der Waals surface area contributed by atoms with Gasteiger partial charge in [0, 0.05) is 18.0 Å². The Kier molecular flexibility index (Phi) is 7.86. The number of ether oxygens (including phenoxy) is 3. The number of carbonyl (C=O) groups excluding carboxylic acids is 1. The van der Waals surface area contributed by atoms with Crippen LogP contribution in [0.3, 0.4) is 0 Å². The lowest BCUT2D eigenvalue weighted by Crippen LogP contribution is -2.27. The van der Waals surface area contributed by atoms with E-state index in [2.05, 4.69) is 10.0 Å². The van der Waals surface area contributed by atoms with Gasteiger partial charge in [-0.2, -0.15) is 0 Å². The van der Waals surface area contributed by atoms with Gasteiger partial charge < -0.3 is 19.5 Å². The molecular formula is C20H26N2O6S. The number of sulfonamides is 1. The molecule has 0 radical (unpaired) electrons. The molecule has 0 bridgehead atoms.